The van der Waals surface area contributed by atoms with E-state index in [1.165, 1.54) is 6.07 Å². The zero-order valence-electron chi connectivity index (χ0n) is 16.6. The van der Waals surface area contributed by atoms with Crippen LogP contribution in [0.3, 0.4) is 0 Å². The van der Waals surface area contributed by atoms with Gasteiger partial charge in [-0.15, -0.1) is 0 Å². The Morgan fingerprint density at radius 2 is 1.72 bits per heavy atom. The highest BCUT2D eigenvalue weighted by Crippen LogP contribution is 2.22. The quantitative estimate of drug-likeness (QED) is 0.376. The molecule has 2 heterocycles. The summed E-state index contributed by atoms with van der Waals surface area (Å²) >= 11 is 0. The van der Waals surface area contributed by atoms with Crippen LogP contribution in [0, 0.1) is 20.8 Å². The molecule has 2 aromatic heterocycles. The van der Waals surface area contributed by atoms with E-state index in [2.05, 4.69) is 4.98 Å². The van der Waals surface area contributed by atoms with Gasteiger partial charge in [0.15, 0.2) is 0 Å². The Morgan fingerprint density at radius 1 is 1.00 bits per heavy atom. The highest BCUT2D eigenvalue weighted by Gasteiger charge is 2.17. The third-order valence-electron chi connectivity index (χ3n) is 5.16. The van der Waals surface area contributed by atoms with E-state index in [9.17, 15) is 9.59 Å². The molecule has 0 N–H and O–H groups in total. The lowest BCUT2D eigenvalue weighted by atomic mass is 10.0. The van der Waals surface area contributed by atoms with Crippen molar-refractivity contribution in [2.45, 2.75) is 27.2 Å². The minimum Gasteiger partial charge on any atom is -0.462 e. The first kappa shape index (κ1) is 18.9. The molecule has 2 aromatic carbocycles. The van der Waals surface area contributed by atoms with Gasteiger partial charge in [-0.1, -0.05) is 30.3 Å². The normalized spacial score (nSPS) is 11.1. The van der Waals surface area contributed by atoms with E-state index in [-0.39, 0.29) is 28.7 Å². The monoisotopic (exact) mass is 387 g/mol. The van der Waals surface area contributed by atoms with Gasteiger partial charge in [0.25, 0.3) is 0 Å². The standard InChI is InChI=1S/C24H21NO4/c1-14-11-19-21(12-15(14)2)29-23-20(22(19)26)13-18(16(3)25-23)24(27)28-10-9-17-7-5-4-6-8-17/h4-8,11-13H,9-10H2,1-3H3. The molecule has 0 aliphatic heterocycles. The summed E-state index contributed by atoms with van der Waals surface area (Å²) in [5, 5.41) is 0.760. The first-order valence-electron chi connectivity index (χ1n) is 9.50. The minimum absolute atomic E-state index is 0.199. The molecule has 4 rings (SSSR count). The number of aryl methyl sites for hydroxylation is 3. The van der Waals surface area contributed by atoms with E-state index in [0.717, 1.165) is 16.7 Å². The molecule has 0 amide bonds. The second-order valence-corrected chi connectivity index (χ2v) is 7.21. The number of carbonyl (C=O) groups is 1. The van der Waals surface area contributed by atoms with Crippen molar-refractivity contribution in [2.24, 2.45) is 0 Å². The summed E-state index contributed by atoms with van der Waals surface area (Å²) in [4.78, 5) is 29.9. The second-order valence-electron chi connectivity index (χ2n) is 7.21. The number of hydrogen-bond donors (Lipinski definition) is 0. The molecule has 0 saturated heterocycles. The Labute approximate surface area is 168 Å². The van der Waals surface area contributed by atoms with Gasteiger partial charge in [-0.3, -0.25) is 4.79 Å². The van der Waals surface area contributed by atoms with Crippen LogP contribution in [-0.2, 0) is 11.2 Å². The molecule has 0 saturated carbocycles. The van der Waals surface area contributed by atoms with E-state index in [1.54, 1.807) is 6.92 Å². The van der Waals surface area contributed by atoms with Gasteiger partial charge in [0.05, 0.1) is 28.6 Å². The first-order chi connectivity index (χ1) is 13.9. The van der Waals surface area contributed by atoms with E-state index < -0.39 is 5.97 Å². The molecular weight excluding hydrogens is 366 g/mol. The van der Waals surface area contributed by atoms with Gasteiger partial charge in [0, 0.05) is 6.42 Å². The number of nitrogens with zero attached hydrogens (tertiary/aromatic N) is 1. The van der Waals surface area contributed by atoms with Crippen LogP contribution in [0.25, 0.3) is 22.1 Å². The third-order valence-corrected chi connectivity index (χ3v) is 5.16. The largest absolute Gasteiger partial charge is 0.462 e. The molecule has 5 nitrogen and oxygen atoms in total. The van der Waals surface area contributed by atoms with Gasteiger partial charge in [0.2, 0.25) is 11.1 Å². The van der Waals surface area contributed by atoms with Crippen molar-refractivity contribution in [3.63, 3.8) is 0 Å². The molecule has 29 heavy (non-hydrogen) atoms. The van der Waals surface area contributed by atoms with E-state index in [1.807, 2.05) is 56.3 Å². The maximum Gasteiger partial charge on any atom is 0.340 e. The second kappa shape index (κ2) is 7.51. The fraction of sp³-hybridized carbons (Fsp3) is 0.208. The molecule has 146 valence electrons. The molecule has 0 spiro atoms. The average Bonchev–Trinajstić information content (AvgIpc) is 2.70. The van der Waals surface area contributed by atoms with Crippen molar-refractivity contribution in [3.8, 4) is 0 Å². The summed E-state index contributed by atoms with van der Waals surface area (Å²) in [6.45, 7) is 5.87. The maximum atomic E-state index is 13.0. The molecule has 0 aliphatic carbocycles. The van der Waals surface area contributed by atoms with E-state index >= 15 is 0 Å². The van der Waals surface area contributed by atoms with Gasteiger partial charge in [-0.2, -0.15) is 0 Å². The van der Waals surface area contributed by atoms with Crippen LogP contribution in [0.15, 0.2) is 57.7 Å². The molecule has 4 aromatic rings. The van der Waals surface area contributed by atoms with Gasteiger partial charge in [-0.05, 0) is 55.7 Å². The lowest BCUT2D eigenvalue weighted by Gasteiger charge is -2.09. The van der Waals surface area contributed by atoms with Crippen LogP contribution >= 0.6 is 0 Å². The Kier molecular flexibility index (Phi) is 4.89. The van der Waals surface area contributed by atoms with Crippen LogP contribution in [-0.4, -0.2) is 17.6 Å². The van der Waals surface area contributed by atoms with E-state index in [0.29, 0.717) is 23.1 Å². The van der Waals surface area contributed by atoms with Gasteiger partial charge < -0.3 is 9.15 Å². The van der Waals surface area contributed by atoms with Crippen molar-refractivity contribution in [2.75, 3.05) is 6.61 Å². The molecule has 0 radical (unpaired) electrons. The Morgan fingerprint density at radius 3 is 2.48 bits per heavy atom. The van der Waals surface area contributed by atoms with Crippen LogP contribution in [0.4, 0.5) is 0 Å². The lowest BCUT2D eigenvalue weighted by Crippen LogP contribution is -2.13. The number of benzene rings is 2. The summed E-state index contributed by atoms with van der Waals surface area (Å²) in [5.41, 5.74) is 4.40. The molecule has 0 unspecified atom stereocenters. The lowest BCUT2D eigenvalue weighted by molar-refractivity contribution is 0.0508. The molecule has 0 fully saturated rings. The summed E-state index contributed by atoms with van der Waals surface area (Å²) < 4.78 is 11.3. The third kappa shape index (κ3) is 3.63. The molecule has 5 heteroatoms. The minimum atomic E-state index is -0.493. The SMILES string of the molecule is Cc1cc2oc3nc(C)c(C(=O)OCCc4ccccc4)cc3c(=O)c2cc1C. The molecule has 0 aliphatic rings. The number of ether oxygens (including phenoxy) is 1. The van der Waals surface area contributed by atoms with Crippen molar-refractivity contribution in [3.05, 3.63) is 86.7 Å². The highest BCUT2D eigenvalue weighted by atomic mass is 16.5. The smallest absolute Gasteiger partial charge is 0.340 e. The first-order valence-corrected chi connectivity index (χ1v) is 9.50. The Hall–Kier alpha value is -3.47. The van der Waals surface area contributed by atoms with Gasteiger partial charge in [0.1, 0.15) is 5.58 Å². The predicted octanol–water partition coefficient (Wildman–Crippen LogP) is 4.67. The number of pyridine rings is 1. The van der Waals surface area contributed by atoms with Crippen molar-refractivity contribution in [1.82, 2.24) is 4.98 Å². The average molecular weight is 387 g/mol. The zero-order valence-corrected chi connectivity index (χ0v) is 16.6. The van der Waals surface area contributed by atoms with Crippen LogP contribution in [0.2, 0.25) is 0 Å². The van der Waals surface area contributed by atoms with Crippen LogP contribution in [0.5, 0.6) is 0 Å². The molecule has 0 bridgehead atoms. The highest BCUT2D eigenvalue weighted by molar-refractivity contribution is 5.96. The Bertz CT molecular complexity index is 1290. The predicted molar refractivity (Wildman–Crippen MR) is 112 cm³/mol. The van der Waals surface area contributed by atoms with Crippen LogP contribution < -0.4 is 5.43 Å². The van der Waals surface area contributed by atoms with Gasteiger partial charge in [-0.25, -0.2) is 9.78 Å². The maximum absolute atomic E-state index is 13.0. The van der Waals surface area contributed by atoms with Gasteiger partial charge >= 0.3 is 5.97 Å². The summed E-state index contributed by atoms with van der Waals surface area (Å²) in [7, 11) is 0. The number of fused-ring (bicyclic) bond motifs is 2. The van der Waals surface area contributed by atoms with Crippen LogP contribution in [0.1, 0.15) is 32.7 Å². The fourth-order valence-electron chi connectivity index (χ4n) is 3.32. The van der Waals surface area contributed by atoms with Crippen molar-refractivity contribution < 1.29 is 13.9 Å². The molecular formula is C24H21NO4. The van der Waals surface area contributed by atoms with Crippen molar-refractivity contribution >= 4 is 28.0 Å². The summed E-state index contributed by atoms with van der Waals surface area (Å²) in [6, 6.07) is 15.0. The zero-order chi connectivity index (χ0) is 20.5. The molecule has 0 atom stereocenters. The summed E-state index contributed by atoms with van der Waals surface area (Å²) in [5.74, 6) is -0.493. The Balaban J connectivity index is 1.67. The number of hydrogen-bond acceptors (Lipinski definition) is 5. The number of carbonyl (C=O) groups excluding carboxylic acids is 1. The fourth-order valence-corrected chi connectivity index (χ4v) is 3.32. The number of aromatic nitrogens is 1. The topological polar surface area (TPSA) is 69.4 Å². The number of esters is 1. The summed E-state index contributed by atoms with van der Waals surface area (Å²) in [6.07, 6.45) is 0.623. The van der Waals surface area contributed by atoms with E-state index in [4.69, 9.17) is 9.15 Å². The number of rotatable bonds is 4. The van der Waals surface area contributed by atoms with Crippen molar-refractivity contribution in [1.29, 1.82) is 0 Å².